The Morgan fingerprint density at radius 1 is 1.21 bits per heavy atom. The van der Waals surface area contributed by atoms with Crippen molar-refractivity contribution in [1.29, 1.82) is 0 Å². The molecule has 1 unspecified atom stereocenters. The lowest BCUT2D eigenvalue weighted by atomic mass is 9.43. The van der Waals surface area contributed by atoms with Crippen LogP contribution in [0.2, 0.25) is 0 Å². The number of nitrogens with zero attached hydrogens (tertiary/aromatic N) is 1. The van der Waals surface area contributed by atoms with Crippen LogP contribution in [0.3, 0.4) is 0 Å². The monoisotopic (exact) mass is 463 g/mol. The number of hydrogen-bond acceptors (Lipinski definition) is 5. The summed E-state index contributed by atoms with van der Waals surface area (Å²) in [6.45, 7) is 11.0. The summed E-state index contributed by atoms with van der Waals surface area (Å²) in [5, 5.41) is 23.0. The molecule has 7 rings (SSSR count). The third-order valence-electron chi connectivity index (χ3n) is 11.8. The summed E-state index contributed by atoms with van der Waals surface area (Å²) >= 11 is 0. The van der Waals surface area contributed by atoms with Crippen molar-refractivity contribution < 1.29 is 19.7 Å². The maximum absolute atomic E-state index is 13.4. The van der Waals surface area contributed by atoms with Crippen molar-refractivity contribution in [3.8, 4) is 0 Å². The number of aliphatic hydroxyl groups excluding tert-OH is 2. The van der Waals surface area contributed by atoms with Gasteiger partial charge in [0.2, 0.25) is 0 Å². The van der Waals surface area contributed by atoms with Gasteiger partial charge in [0, 0.05) is 29.3 Å². The molecule has 6 fully saturated rings. The Morgan fingerprint density at radius 2 is 1.97 bits per heavy atom. The van der Waals surface area contributed by atoms with Crippen molar-refractivity contribution in [3.63, 3.8) is 0 Å². The maximum Gasteiger partial charge on any atom is 0.338 e. The van der Waals surface area contributed by atoms with Crippen molar-refractivity contribution in [2.45, 2.75) is 70.3 Å². The predicted octanol–water partition coefficient (Wildman–Crippen LogP) is 3.66. The molecule has 5 heteroatoms. The standard InChI is InChI=1S/C29H37NO4/c1-4-30-15-27(3)11-10-23(34-26(33)17-8-6-5-7-9-17)29-21(27)12-19(24(29)30)28-14-18(16(2)25(28)32)20(31)13-22(28)29/h5-9,18-25,31-32H,2,4,10-15H2,1,3H3/t18-,19+,20+,21-,22-,23+,24?,25-,27+,28+,29+/m1/s1. The lowest BCUT2D eigenvalue weighted by molar-refractivity contribution is -0.218. The van der Waals surface area contributed by atoms with Gasteiger partial charge in [-0.2, -0.15) is 0 Å². The van der Waals surface area contributed by atoms with Crippen LogP contribution in [0.1, 0.15) is 56.3 Å². The predicted molar refractivity (Wildman–Crippen MR) is 128 cm³/mol. The Balaban J connectivity index is 1.39. The van der Waals surface area contributed by atoms with E-state index in [0.717, 1.165) is 44.3 Å². The number of carbonyl (C=O) groups excluding carboxylic acids is 1. The highest BCUT2D eigenvalue weighted by Crippen LogP contribution is 2.83. The molecule has 1 aromatic rings. The summed E-state index contributed by atoms with van der Waals surface area (Å²) in [6, 6.07) is 9.64. The SMILES string of the molecule is C=C1[C@H]2C[C@@]3([C@@H]1O)[C@@H](C[C@@H]2O)[C@@]12C4[C@@H]3C[C@@H]1[C@@](C)(CC[C@@H]2OC(=O)c1ccccc1)CN4CC. The smallest absolute Gasteiger partial charge is 0.338 e. The summed E-state index contributed by atoms with van der Waals surface area (Å²) in [7, 11) is 0. The molecule has 6 aliphatic rings. The van der Waals surface area contributed by atoms with E-state index in [2.05, 4.69) is 25.3 Å². The molecule has 34 heavy (non-hydrogen) atoms. The highest BCUT2D eigenvalue weighted by atomic mass is 16.5. The molecule has 2 N–H and O–H groups in total. The van der Waals surface area contributed by atoms with E-state index in [1.807, 2.05) is 30.3 Å². The molecule has 5 aliphatic carbocycles. The van der Waals surface area contributed by atoms with Gasteiger partial charge in [0.05, 0.1) is 17.8 Å². The number of fused-ring (bicyclic) bond motifs is 1. The number of piperidine rings is 1. The number of rotatable bonds is 3. The molecule has 0 radical (unpaired) electrons. The zero-order valence-electron chi connectivity index (χ0n) is 20.3. The fourth-order valence-corrected chi connectivity index (χ4v) is 10.9. The minimum Gasteiger partial charge on any atom is -0.458 e. The number of aliphatic hydroxyl groups is 2. The van der Waals surface area contributed by atoms with Gasteiger partial charge < -0.3 is 14.9 Å². The molecular formula is C29H37NO4. The molecular weight excluding hydrogens is 426 g/mol. The second-order valence-corrected chi connectivity index (χ2v) is 12.6. The average molecular weight is 464 g/mol. The zero-order chi connectivity index (χ0) is 23.6. The molecule has 11 atom stereocenters. The Labute approximate surface area is 202 Å². The topological polar surface area (TPSA) is 70.0 Å². The minimum absolute atomic E-state index is 0.00257. The van der Waals surface area contributed by atoms with Crippen LogP contribution in [0.5, 0.6) is 0 Å². The van der Waals surface area contributed by atoms with Gasteiger partial charge in [-0.05, 0) is 79.5 Å². The van der Waals surface area contributed by atoms with Gasteiger partial charge in [-0.1, -0.05) is 38.6 Å². The van der Waals surface area contributed by atoms with Crippen molar-refractivity contribution in [3.05, 3.63) is 48.0 Å². The van der Waals surface area contributed by atoms with Gasteiger partial charge in [0.25, 0.3) is 0 Å². The number of hydrogen-bond donors (Lipinski definition) is 2. The largest absolute Gasteiger partial charge is 0.458 e. The van der Waals surface area contributed by atoms with E-state index in [1.165, 1.54) is 0 Å². The first-order valence-electron chi connectivity index (χ1n) is 13.3. The first-order chi connectivity index (χ1) is 16.3. The number of likely N-dealkylation sites (tertiary alicyclic amines) is 1. The molecule has 5 saturated carbocycles. The van der Waals surface area contributed by atoms with Gasteiger partial charge in [-0.15, -0.1) is 0 Å². The van der Waals surface area contributed by atoms with Gasteiger partial charge in [0.1, 0.15) is 6.10 Å². The fourth-order valence-electron chi connectivity index (χ4n) is 10.9. The van der Waals surface area contributed by atoms with E-state index < -0.39 is 12.2 Å². The van der Waals surface area contributed by atoms with Crippen LogP contribution < -0.4 is 0 Å². The van der Waals surface area contributed by atoms with Crippen molar-refractivity contribution in [2.24, 2.45) is 39.9 Å². The van der Waals surface area contributed by atoms with Crippen LogP contribution >= 0.6 is 0 Å². The number of carbonyl (C=O) groups is 1. The normalized spacial score (nSPS) is 52.5. The van der Waals surface area contributed by atoms with Crippen LogP contribution in [0.15, 0.2) is 42.5 Å². The summed E-state index contributed by atoms with van der Waals surface area (Å²) < 4.78 is 6.50. The molecule has 1 aliphatic heterocycles. The highest BCUT2D eigenvalue weighted by molar-refractivity contribution is 5.89. The van der Waals surface area contributed by atoms with Gasteiger partial charge in [-0.3, -0.25) is 4.90 Å². The summed E-state index contributed by atoms with van der Waals surface area (Å²) in [6.07, 6.45) is 3.34. The van der Waals surface area contributed by atoms with Crippen molar-refractivity contribution >= 4 is 5.97 Å². The summed E-state index contributed by atoms with van der Waals surface area (Å²) in [5.74, 6) is 0.735. The van der Waals surface area contributed by atoms with E-state index in [1.54, 1.807) is 0 Å². The third-order valence-corrected chi connectivity index (χ3v) is 11.8. The quantitative estimate of drug-likeness (QED) is 0.529. The molecule has 1 saturated heterocycles. The number of esters is 1. The van der Waals surface area contributed by atoms with Crippen LogP contribution in [-0.4, -0.2) is 58.5 Å². The number of benzene rings is 1. The maximum atomic E-state index is 13.4. The van der Waals surface area contributed by atoms with E-state index in [0.29, 0.717) is 29.9 Å². The van der Waals surface area contributed by atoms with Crippen LogP contribution in [0.25, 0.3) is 0 Å². The molecule has 0 amide bonds. The van der Waals surface area contributed by atoms with E-state index in [9.17, 15) is 15.0 Å². The molecule has 5 nitrogen and oxygen atoms in total. The van der Waals surface area contributed by atoms with Crippen LogP contribution in [-0.2, 0) is 4.74 Å². The van der Waals surface area contributed by atoms with Crippen LogP contribution in [0.4, 0.5) is 0 Å². The van der Waals surface area contributed by atoms with Crippen LogP contribution in [0, 0.1) is 39.9 Å². The Kier molecular flexibility index (Phi) is 4.28. The Hall–Kier alpha value is -1.69. The lowest BCUT2D eigenvalue weighted by Crippen LogP contribution is -2.69. The van der Waals surface area contributed by atoms with E-state index in [-0.39, 0.29) is 40.2 Å². The van der Waals surface area contributed by atoms with Crippen molar-refractivity contribution in [2.75, 3.05) is 13.1 Å². The van der Waals surface area contributed by atoms with Crippen molar-refractivity contribution in [1.82, 2.24) is 4.90 Å². The molecule has 7 bridgehead atoms. The lowest BCUT2D eigenvalue weighted by Gasteiger charge is -2.65. The zero-order valence-corrected chi connectivity index (χ0v) is 20.3. The Morgan fingerprint density at radius 3 is 2.71 bits per heavy atom. The first-order valence-corrected chi connectivity index (χ1v) is 13.3. The molecule has 1 heterocycles. The second-order valence-electron chi connectivity index (χ2n) is 12.6. The summed E-state index contributed by atoms with van der Waals surface area (Å²) in [4.78, 5) is 16.0. The van der Waals surface area contributed by atoms with Gasteiger partial charge in [-0.25, -0.2) is 4.79 Å². The summed E-state index contributed by atoms with van der Waals surface area (Å²) in [5.41, 5.74) is 1.17. The molecule has 0 aromatic heterocycles. The highest BCUT2D eigenvalue weighted by Gasteiger charge is 2.85. The first kappa shape index (κ1) is 21.6. The second kappa shape index (κ2) is 6.74. The molecule has 2 spiro atoms. The average Bonchev–Trinajstić information content (AvgIpc) is 3.36. The third kappa shape index (κ3) is 2.22. The number of ether oxygens (including phenoxy) is 1. The molecule has 1 aromatic carbocycles. The minimum atomic E-state index is -0.567. The van der Waals surface area contributed by atoms with Gasteiger partial charge in [0.15, 0.2) is 0 Å². The van der Waals surface area contributed by atoms with E-state index in [4.69, 9.17) is 4.74 Å². The van der Waals surface area contributed by atoms with Gasteiger partial charge >= 0.3 is 5.97 Å². The van der Waals surface area contributed by atoms with E-state index >= 15 is 0 Å². The Bertz CT molecular complexity index is 1060. The molecule has 182 valence electrons. The fraction of sp³-hybridized carbons (Fsp3) is 0.690.